The van der Waals surface area contributed by atoms with Gasteiger partial charge in [0.15, 0.2) is 5.82 Å². The molecule has 4 rings (SSSR count). The highest BCUT2D eigenvalue weighted by molar-refractivity contribution is 5.78. The van der Waals surface area contributed by atoms with Gasteiger partial charge in [-0.2, -0.15) is 5.10 Å². The molecule has 104 valence electrons. The van der Waals surface area contributed by atoms with Gasteiger partial charge in [-0.25, -0.2) is 0 Å². The second kappa shape index (κ2) is 4.35. The van der Waals surface area contributed by atoms with Crippen LogP contribution in [0.3, 0.4) is 0 Å². The second-order valence-corrected chi connectivity index (χ2v) is 6.09. The monoisotopic (exact) mass is 268 g/mol. The molecule has 20 heavy (non-hydrogen) atoms. The third kappa shape index (κ3) is 1.75. The second-order valence-electron chi connectivity index (χ2n) is 6.09. The molecule has 1 atom stereocenters. The first-order valence-corrected chi connectivity index (χ1v) is 7.40. The van der Waals surface area contributed by atoms with Crippen LogP contribution in [-0.2, 0) is 6.42 Å². The highest BCUT2D eigenvalue weighted by Gasteiger charge is 2.28. The van der Waals surface area contributed by atoms with Gasteiger partial charge >= 0.3 is 0 Å². The molecule has 0 spiro atoms. The van der Waals surface area contributed by atoms with E-state index >= 15 is 0 Å². The molecule has 0 saturated carbocycles. The van der Waals surface area contributed by atoms with E-state index in [4.69, 9.17) is 5.73 Å². The number of hydrogen-bond acceptors (Lipinski definition) is 3. The number of aryl methyl sites for hydroxylation is 1. The van der Waals surface area contributed by atoms with Crippen molar-refractivity contribution in [2.45, 2.75) is 32.2 Å². The van der Waals surface area contributed by atoms with Crippen LogP contribution in [0.4, 0.5) is 5.82 Å². The summed E-state index contributed by atoms with van der Waals surface area (Å²) in [6, 6.07) is 6.96. The van der Waals surface area contributed by atoms with Gasteiger partial charge in [0.25, 0.3) is 0 Å². The lowest BCUT2D eigenvalue weighted by atomic mass is 10.1. The maximum absolute atomic E-state index is 6.10. The number of hydrogen-bond donors (Lipinski definition) is 2. The van der Waals surface area contributed by atoms with Crippen LogP contribution in [0, 0.1) is 6.92 Å². The van der Waals surface area contributed by atoms with E-state index in [1.165, 1.54) is 27.9 Å². The number of benzene rings is 1. The van der Waals surface area contributed by atoms with E-state index in [1.807, 2.05) is 0 Å². The van der Waals surface area contributed by atoms with Gasteiger partial charge in [0.1, 0.15) is 0 Å². The maximum atomic E-state index is 6.10. The number of anilines is 1. The van der Waals surface area contributed by atoms with Gasteiger partial charge in [-0.1, -0.05) is 17.7 Å². The fourth-order valence-electron chi connectivity index (χ4n) is 3.48. The van der Waals surface area contributed by atoms with Crippen LogP contribution < -0.4 is 10.6 Å². The summed E-state index contributed by atoms with van der Waals surface area (Å²) in [6.45, 7) is 4.13. The van der Waals surface area contributed by atoms with E-state index in [0.29, 0.717) is 0 Å². The summed E-state index contributed by atoms with van der Waals surface area (Å²) in [5, 5.41) is 7.82. The molecule has 1 aromatic carbocycles. The van der Waals surface area contributed by atoms with E-state index in [9.17, 15) is 0 Å². The molecule has 2 aliphatic rings. The minimum Gasteiger partial charge on any atom is -0.353 e. The van der Waals surface area contributed by atoms with Gasteiger partial charge in [0.05, 0.1) is 5.69 Å². The van der Waals surface area contributed by atoms with Crippen LogP contribution in [-0.4, -0.2) is 29.3 Å². The Morgan fingerprint density at radius 3 is 3.15 bits per heavy atom. The minimum absolute atomic E-state index is 0.280. The SMILES string of the molecule is Cc1ccc2c(c1)-c1[nH]nc(N3CCCC(N)C3)c1C2. The van der Waals surface area contributed by atoms with Crippen molar-refractivity contribution in [3.63, 3.8) is 0 Å². The zero-order valence-electron chi connectivity index (χ0n) is 11.8. The first-order chi connectivity index (χ1) is 9.72. The quantitative estimate of drug-likeness (QED) is 0.711. The fraction of sp³-hybridized carbons (Fsp3) is 0.438. The molecule has 0 radical (unpaired) electrons. The highest BCUT2D eigenvalue weighted by atomic mass is 15.3. The number of rotatable bonds is 1. The molecule has 1 unspecified atom stereocenters. The molecule has 2 heterocycles. The molecule has 1 saturated heterocycles. The van der Waals surface area contributed by atoms with Crippen LogP contribution >= 0.6 is 0 Å². The number of piperidine rings is 1. The Morgan fingerprint density at radius 1 is 1.40 bits per heavy atom. The van der Waals surface area contributed by atoms with Crippen molar-refractivity contribution in [2.75, 3.05) is 18.0 Å². The number of nitrogens with two attached hydrogens (primary N) is 1. The smallest absolute Gasteiger partial charge is 0.154 e. The lowest BCUT2D eigenvalue weighted by molar-refractivity contribution is 0.502. The Morgan fingerprint density at radius 2 is 2.30 bits per heavy atom. The third-order valence-electron chi connectivity index (χ3n) is 4.50. The van der Waals surface area contributed by atoms with E-state index in [1.54, 1.807) is 0 Å². The Labute approximate surface area is 119 Å². The van der Waals surface area contributed by atoms with Crippen molar-refractivity contribution in [2.24, 2.45) is 5.73 Å². The average molecular weight is 268 g/mol. The highest BCUT2D eigenvalue weighted by Crippen LogP contribution is 2.40. The molecule has 4 heteroatoms. The molecule has 2 aromatic rings. The maximum Gasteiger partial charge on any atom is 0.154 e. The van der Waals surface area contributed by atoms with Crippen molar-refractivity contribution >= 4 is 5.82 Å². The fourth-order valence-corrected chi connectivity index (χ4v) is 3.48. The van der Waals surface area contributed by atoms with E-state index in [-0.39, 0.29) is 6.04 Å². The van der Waals surface area contributed by atoms with Crippen molar-refractivity contribution in [3.05, 3.63) is 34.9 Å². The lowest BCUT2D eigenvalue weighted by Crippen LogP contribution is -2.43. The van der Waals surface area contributed by atoms with Crippen molar-refractivity contribution in [3.8, 4) is 11.3 Å². The van der Waals surface area contributed by atoms with E-state index in [2.05, 4.69) is 40.2 Å². The van der Waals surface area contributed by atoms with Crippen LogP contribution in [0.25, 0.3) is 11.3 Å². The predicted octanol–water partition coefficient (Wildman–Crippen LogP) is 2.22. The molecule has 4 nitrogen and oxygen atoms in total. The summed E-state index contributed by atoms with van der Waals surface area (Å²) in [6.07, 6.45) is 3.28. The first kappa shape index (κ1) is 12.0. The number of nitrogens with zero attached hydrogens (tertiary/aromatic N) is 2. The predicted molar refractivity (Wildman–Crippen MR) is 81.0 cm³/mol. The summed E-state index contributed by atoms with van der Waals surface area (Å²) < 4.78 is 0. The van der Waals surface area contributed by atoms with E-state index < -0.39 is 0 Å². The molecule has 1 aliphatic carbocycles. The minimum atomic E-state index is 0.280. The van der Waals surface area contributed by atoms with Gasteiger partial charge in [-0.15, -0.1) is 0 Å². The van der Waals surface area contributed by atoms with Crippen LogP contribution in [0.1, 0.15) is 29.5 Å². The third-order valence-corrected chi connectivity index (χ3v) is 4.50. The molecular weight excluding hydrogens is 248 g/mol. The summed E-state index contributed by atoms with van der Waals surface area (Å²) in [5.74, 6) is 1.11. The van der Waals surface area contributed by atoms with E-state index in [0.717, 1.165) is 38.2 Å². The largest absolute Gasteiger partial charge is 0.353 e. The van der Waals surface area contributed by atoms with Gasteiger partial charge < -0.3 is 10.6 Å². The molecule has 1 aliphatic heterocycles. The zero-order valence-corrected chi connectivity index (χ0v) is 11.8. The van der Waals surface area contributed by atoms with Crippen LogP contribution in [0.2, 0.25) is 0 Å². The normalized spacial score (nSPS) is 20.9. The van der Waals surface area contributed by atoms with Crippen LogP contribution in [0.5, 0.6) is 0 Å². The Balaban J connectivity index is 1.73. The standard InChI is InChI=1S/C16H20N4/c1-10-4-5-11-8-14-15(13(11)7-10)18-19-16(14)20-6-2-3-12(17)9-20/h4-5,7,12H,2-3,6,8-9,17H2,1H3,(H,18,19). The molecular formula is C16H20N4. The lowest BCUT2D eigenvalue weighted by Gasteiger charge is -2.31. The number of aromatic nitrogens is 2. The summed E-state index contributed by atoms with van der Waals surface area (Å²) in [7, 11) is 0. The van der Waals surface area contributed by atoms with Gasteiger partial charge in [0, 0.05) is 36.7 Å². The summed E-state index contributed by atoms with van der Waals surface area (Å²) in [5.41, 5.74) is 12.7. The van der Waals surface area contributed by atoms with Crippen molar-refractivity contribution in [1.82, 2.24) is 10.2 Å². The Hall–Kier alpha value is -1.81. The Kier molecular flexibility index (Phi) is 2.60. The molecule has 1 fully saturated rings. The van der Waals surface area contributed by atoms with Gasteiger partial charge in [-0.3, -0.25) is 5.10 Å². The first-order valence-electron chi connectivity index (χ1n) is 7.40. The molecule has 3 N–H and O–H groups in total. The van der Waals surface area contributed by atoms with Gasteiger partial charge in [-0.05, 0) is 31.4 Å². The van der Waals surface area contributed by atoms with Crippen LogP contribution in [0.15, 0.2) is 18.2 Å². The molecule has 0 amide bonds. The summed E-state index contributed by atoms with van der Waals surface area (Å²) in [4.78, 5) is 2.35. The number of H-pyrrole nitrogens is 1. The topological polar surface area (TPSA) is 57.9 Å². The zero-order chi connectivity index (χ0) is 13.7. The number of aromatic amines is 1. The van der Waals surface area contributed by atoms with Crippen molar-refractivity contribution < 1.29 is 0 Å². The molecule has 1 aromatic heterocycles. The van der Waals surface area contributed by atoms with Gasteiger partial charge in [0.2, 0.25) is 0 Å². The molecule has 0 bridgehead atoms. The summed E-state index contributed by atoms with van der Waals surface area (Å²) >= 11 is 0. The number of fused-ring (bicyclic) bond motifs is 3. The number of nitrogens with one attached hydrogen (secondary N) is 1. The Bertz CT molecular complexity index is 658. The van der Waals surface area contributed by atoms with Crippen molar-refractivity contribution in [1.29, 1.82) is 0 Å². The average Bonchev–Trinajstić information content (AvgIpc) is 2.98.